The average Bonchev–Trinajstić information content (AvgIpc) is 2.48. The number of anilines is 2. The SMILES string of the molecule is CCCNc1ncc(Br)c(NC2CCCN(CC)C2)n1. The van der Waals surface area contributed by atoms with Gasteiger partial charge in [-0.15, -0.1) is 0 Å². The average molecular weight is 342 g/mol. The van der Waals surface area contributed by atoms with E-state index < -0.39 is 0 Å². The molecule has 112 valence electrons. The zero-order valence-electron chi connectivity index (χ0n) is 12.3. The van der Waals surface area contributed by atoms with Crippen molar-refractivity contribution in [3.63, 3.8) is 0 Å². The normalized spacial score (nSPS) is 19.9. The highest BCUT2D eigenvalue weighted by atomic mass is 79.9. The van der Waals surface area contributed by atoms with Gasteiger partial charge < -0.3 is 15.5 Å². The summed E-state index contributed by atoms with van der Waals surface area (Å²) in [5.74, 6) is 1.59. The molecule has 2 rings (SSSR count). The van der Waals surface area contributed by atoms with E-state index in [4.69, 9.17) is 0 Å². The third-order valence-electron chi connectivity index (χ3n) is 3.57. The number of likely N-dealkylation sites (N-methyl/N-ethyl adjacent to an activating group) is 1. The predicted octanol–water partition coefficient (Wildman–Crippen LogP) is 2.96. The standard InChI is InChI=1S/C14H24BrN5/c1-3-7-16-14-17-9-12(15)13(19-14)18-11-6-5-8-20(4-2)10-11/h9,11H,3-8,10H2,1-2H3,(H2,16,17,18,19). The molecule has 2 heterocycles. The van der Waals surface area contributed by atoms with Crippen LogP contribution in [-0.4, -0.2) is 47.1 Å². The Bertz CT molecular complexity index is 426. The minimum absolute atomic E-state index is 0.467. The molecule has 1 saturated heterocycles. The summed E-state index contributed by atoms with van der Waals surface area (Å²) in [6, 6.07) is 0.467. The highest BCUT2D eigenvalue weighted by Crippen LogP contribution is 2.23. The van der Waals surface area contributed by atoms with Crippen LogP contribution >= 0.6 is 15.9 Å². The van der Waals surface area contributed by atoms with Gasteiger partial charge in [0.05, 0.1) is 4.47 Å². The summed E-state index contributed by atoms with van der Waals surface area (Å²) in [6.07, 6.45) is 5.32. The maximum Gasteiger partial charge on any atom is 0.224 e. The lowest BCUT2D eigenvalue weighted by atomic mass is 10.1. The van der Waals surface area contributed by atoms with Crippen LogP contribution in [0.1, 0.15) is 33.1 Å². The van der Waals surface area contributed by atoms with Gasteiger partial charge in [-0.3, -0.25) is 0 Å². The van der Waals surface area contributed by atoms with Crippen LogP contribution in [0, 0.1) is 0 Å². The first-order chi connectivity index (χ1) is 9.72. The van der Waals surface area contributed by atoms with E-state index in [1.54, 1.807) is 0 Å². The first-order valence-electron chi connectivity index (χ1n) is 7.48. The van der Waals surface area contributed by atoms with Crippen LogP contribution in [0.3, 0.4) is 0 Å². The molecule has 0 radical (unpaired) electrons. The summed E-state index contributed by atoms with van der Waals surface area (Å²) in [5.41, 5.74) is 0. The fraction of sp³-hybridized carbons (Fsp3) is 0.714. The fourth-order valence-electron chi connectivity index (χ4n) is 2.44. The van der Waals surface area contributed by atoms with E-state index in [0.29, 0.717) is 12.0 Å². The maximum absolute atomic E-state index is 4.56. The van der Waals surface area contributed by atoms with Crippen molar-refractivity contribution in [1.82, 2.24) is 14.9 Å². The van der Waals surface area contributed by atoms with E-state index in [1.807, 2.05) is 6.20 Å². The minimum atomic E-state index is 0.467. The highest BCUT2D eigenvalue weighted by molar-refractivity contribution is 9.10. The Kier molecular flexibility index (Phi) is 6.04. The number of nitrogens with one attached hydrogen (secondary N) is 2. The summed E-state index contributed by atoms with van der Waals surface area (Å²) in [6.45, 7) is 8.66. The third kappa shape index (κ3) is 4.31. The predicted molar refractivity (Wildman–Crippen MR) is 87.3 cm³/mol. The lowest BCUT2D eigenvalue weighted by Crippen LogP contribution is -2.42. The Morgan fingerprint density at radius 2 is 2.30 bits per heavy atom. The van der Waals surface area contributed by atoms with Crippen LogP contribution in [0.25, 0.3) is 0 Å². The number of piperidine rings is 1. The fourth-order valence-corrected chi connectivity index (χ4v) is 2.75. The van der Waals surface area contributed by atoms with E-state index in [1.165, 1.54) is 19.4 Å². The van der Waals surface area contributed by atoms with E-state index in [-0.39, 0.29) is 0 Å². The Labute approximate surface area is 129 Å². The van der Waals surface area contributed by atoms with Crippen molar-refractivity contribution in [3.8, 4) is 0 Å². The second kappa shape index (κ2) is 7.78. The van der Waals surface area contributed by atoms with Crippen molar-refractivity contribution < 1.29 is 0 Å². The number of aromatic nitrogens is 2. The highest BCUT2D eigenvalue weighted by Gasteiger charge is 2.19. The second-order valence-electron chi connectivity index (χ2n) is 5.19. The van der Waals surface area contributed by atoms with Gasteiger partial charge in [-0.25, -0.2) is 4.98 Å². The molecule has 1 aromatic rings. The molecule has 0 saturated carbocycles. The van der Waals surface area contributed by atoms with Gasteiger partial charge in [0.15, 0.2) is 0 Å². The molecule has 1 aliphatic heterocycles. The van der Waals surface area contributed by atoms with Gasteiger partial charge in [0.2, 0.25) is 5.95 Å². The van der Waals surface area contributed by atoms with Crippen molar-refractivity contribution in [1.29, 1.82) is 0 Å². The van der Waals surface area contributed by atoms with Gasteiger partial charge in [-0.05, 0) is 48.3 Å². The Balaban J connectivity index is 2.00. The zero-order valence-corrected chi connectivity index (χ0v) is 13.9. The Morgan fingerprint density at radius 3 is 3.05 bits per heavy atom. The molecule has 0 spiro atoms. The van der Waals surface area contributed by atoms with Crippen LogP contribution < -0.4 is 10.6 Å². The molecule has 5 nitrogen and oxygen atoms in total. The molecule has 2 N–H and O–H groups in total. The molecule has 0 bridgehead atoms. The van der Waals surface area contributed by atoms with E-state index >= 15 is 0 Å². The van der Waals surface area contributed by atoms with E-state index in [2.05, 4.69) is 55.3 Å². The summed E-state index contributed by atoms with van der Waals surface area (Å²) in [7, 11) is 0. The molecule has 1 atom stereocenters. The number of halogens is 1. The van der Waals surface area contributed by atoms with Crippen molar-refractivity contribution in [2.24, 2.45) is 0 Å². The first kappa shape index (κ1) is 15.5. The molecule has 1 unspecified atom stereocenters. The van der Waals surface area contributed by atoms with Gasteiger partial charge in [-0.2, -0.15) is 4.98 Å². The minimum Gasteiger partial charge on any atom is -0.365 e. The maximum atomic E-state index is 4.56. The quantitative estimate of drug-likeness (QED) is 0.833. The van der Waals surface area contributed by atoms with Crippen LogP contribution in [0.5, 0.6) is 0 Å². The van der Waals surface area contributed by atoms with Gasteiger partial charge in [0.25, 0.3) is 0 Å². The van der Waals surface area contributed by atoms with Crippen molar-refractivity contribution in [2.75, 3.05) is 36.8 Å². The lowest BCUT2D eigenvalue weighted by Gasteiger charge is -2.32. The largest absolute Gasteiger partial charge is 0.365 e. The summed E-state index contributed by atoms with van der Waals surface area (Å²) < 4.78 is 0.924. The Hall–Kier alpha value is -0.880. The van der Waals surface area contributed by atoms with Crippen molar-refractivity contribution >= 4 is 27.7 Å². The molecule has 0 amide bonds. The van der Waals surface area contributed by atoms with Crippen LogP contribution in [-0.2, 0) is 0 Å². The van der Waals surface area contributed by atoms with E-state index in [0.717, 1.165) is 36.3 Å². The Morgan fingerprint density at radius 1 is 1.45 bits per heavy atom. The molecule has 1 fully saturated rings. The van der Waals surface area contributed by atoms with Gasteiger partial charge >= 0.3 is 0 Å². The van der Waals surface area contributed by atoms with Crippen molar-refractivity contribution in [3.05, 3.63) is 10.7 Å². The molecule has 6 heteroatoms. The third-order valence-corrected chi connectivity index (χ3v) is 4.15. The molecular formula is C14H24BrN5. The first-order valence-corrected chi connectivity index (χ1v) is 8.27. The topological polar surface area (TPSA) is 53.1 Å². The second-order valence-corrected chi connectivity index (χ2v) is 6.05. The van der Waals surface area contributed by atoms with Gasteiger partial charge in [0.1, 0.15) is 5.82 Å². The van der Waals surface area contributed by atoms with Gasteiger partial charge in [-0.1, -0.05) is 13.8 Å². The summed E-state index contributed by atoms with van der Waals surface area (Å²) in [5, 5.41) is 6.78. The monoisotopic (exact) mass is 341 g/mol. The van der Waals surface area contributed by atoms with E-state index in [9.17, 15) is 0 Å². The van der Waals surface area contributed by atoms with Crippen LogP contribution in [0.2, 0.25) is 0 Å². The smallest absolute Gasteiger partial charge is 0.224 e. The summed E-state index contributed by atoms with van der Waals surface area (Å²) >= 11 is 3.53. The number of likely N-dealkylation sites (tertiary alicyclic amines) is 1. The lowest BCUT2D eigenvalue weighted by molar-refractivity contribution is 0.226. The summed E-state index contributed by atoms with van der Waals surface area (Å²) in [4.78, 5) is 11.3. The molecular weight excluding hydrogens is 318 g/mol. The molecule has 20 heavy (non-hydrogen) atoms. The number of hydrogen-bond donors (Lipinski definition) is 2. The zero-order chi connectivity index (χ0) is 14.4. The van der Waals surface area contributed by atoms with Gasteiger partial charge in [0, 0.05) is 25.3 Å². The molecule has 0 aliphatic carbocycles. The van der Waals surface area contributed by atoms with Crippen LogP contribution in [0.4, 0.5) is 11.8 Å². The molecule has 1 aliphatic rings. The van der Waals surface area contributed by atoms with Crippen molar-refractivity contribution in [2.45, 2.75) is 39.2 Å². The number of rotatable bonds is 6. The van der Waals surface area contributed by atoms with Crippen LogP contribution in [0.15, 0.2) is 10.7 Å². The number of nitrogens with zero attached hydrogens (tertiary/aromatic N) is 3. The molecule has 0 aromatic carbocycles. The molecule has 1 aromatic heterocycles. The number of hydrogen-bond acceptors (Lipinski definition) is 5.